The SMILES string of the molecule is C=C.NCc1cc(-c2ccccc2)c2ccc3ccccc3c2n1. The first-order chi connectivity index (χ1) is 11.9. The number of hydrogen-bond acceptors (Lipinski definition) is 2. The van der Waals surface area contributed by atoms with Gasteiger partial charge in [0.05, 0.1) is 11.2 Å². The fourth-order valence-corrected chi connectivity index (χ4v) is 2.97. The maximum atomic E-state index is 5.87. The van der Waals surface area contributed by atoms with E-state index in [1.54, 1.807) is 0 Å². The summed E-state index contributed by atoms with van der Waals surface area (Å²) >= 11 is 0. The molecule has 2 heteroatoms. The van der Waals surface area contributed by atoms with Crippen molar-refractivity contribution in [2.75, 3.05) is 0 Å². The van der Waals surface area contributed by atoms with E-state index in [9.17, 15) is 0 Å². The van der Waals surface area contributed by atoms with Crippen LogP contribution in [0.4, 0.5) is 0 Å². The standard InChI is InChI=1S/C20H16N2.C2H4/c21-13-16-12-19(14-6-2-1-3-7-14)18-11-10-15-8-4-5-9-17(15)20(18)22-16;1-2/h1-12H,13,21H2;1-2H2. The van der Waals surface area contributed by atoms with E-state index in [0.29, 0.717) is 6.54 Å². The van der Waals surface area contributed by atoms with Crippen molar-refractivity contribution in [3.8, 4) is 11.1 Å². The van der Waals surface area contributed by atoms with Crippen LogP contribution in [0.3, 0.4) is 0 Å². The molecule has 0 saturated heterocycles. The summed E-state index contributed by atoms with van der Waals surface area (Å²) < 4.78 is 0. The minimum atomic E-state index is 0.443. The average molecular weight is 312 g/mol. The number of nitrogens with two attached hydrogens (primary N) is 1. The van der Waals surface area contributed by atoms with Crippen molar-refractivity contribution < 1.29 is 0 Å². The summed E-state index contributed by atoms with van der Waals surface area (Å²) in [6.45, 7) is 6.44. The van der Waals surface area contributed by atoms with Crippen molar-refractivity contribution in [1.82, 2.24) is 4.98 Å². The maximum Gasteiger partial charge on any atom is 0.0790 e. The summed E-state index contributed by atoms with van der Waals surface area (Å²) in [4.78, 5) is 4.78. The fraction of sp³-hybridized carbons (Fsp3) is 0.0455. The first kappa shape index (κ1) is 15.9. The van der Waals surface area contributed by atoms with Crippen molar-refractivity contribution in [2.24, 2.45) is 5.73 Å². The lowest BCUT2D eigenvalue weighted by Crippen LogP contribution is -2.01. The third-order valence-electron chi connectivity index (χ3n) is 4.05. The highest BCUT2D eigenvalue weighted by atomic mass is 14.7. The van der Waals surface area contributed by atoms with E-state index >= 15 is 0 Å². The molecule has 0 atom stereocenters. The van der Waals surface area contributed by atoms with Crippen molar-refractivity contribution in [1.29, 1.82) is 0 Å². The zero-order valence-electron chi connectivity index (χ0n) is 13.6. The van der Waals surface area contributed by atoms with Gasteiger partial charge in [-0.25, -0.2) is 0 Å². The van der Waals surface area contributed by atoms with Crippen LogP contribution in [-0.4, -0.2) is 4.98 Å². The average Bonchev–Trinajstić information content (AvgIpc) is 2.69. The highest BCUT2D eigenvalue weighted by Gasteiger charge is 2.09. The van der Waals surface area contributed by atoms with Crippen LogP contribution in [0.2, 0.25) is 0 Å². The summed E-state index contributed by atoms with van der Waals surface area (Å²) in [5.74, 6) is 0. The molecule has 1 aromatic heterocycles. The molecule has 0 unspecified atom stereocenters. The Hall–Kier alpha value is -2.97. The van der Waals surface area contributed by atoms with Gasteiger partial charge in [-0.1, -0.05) is 66.7 Å². The Bertz CT molecular complexity index is 975. The summed E-state index contributed by atoms with van der Waals surface area (Å²) in [5, 5.41) is 3.55. The van der Waals surface area contributed by atoms with Crippen LogP contribution >= 0.6 is 0 Å². The molecule has 2 N–H and O–H groups in total. The van der Waals surface area contributed by atoms with Gasteiger partial charge >= 0.3 is 0 Å². The second kappa shape index (κ2) is 7.07. The molecule has 0 saturated carbocycles. The summed E-state index contributed by atoms with van der Waals surface area (Å²) in [5.41, 5.74) is 10.2. The van der Waals surface area contributed by atoms with Crippen LogP contribution in [0.25, 0.3) is 32.8 Å². The number of nitrogens with zero attached hydrogens (tertiary/aromatic N) is 1. The van der Waals surface area contributed by atoms with Gasteiger partial charge in [0, 0.05) is 17.3 Å². The number of rotatable bonds is 2. The van der Waals surface area contributed by atoms with Gasteiger partial charge in [0.1, 0.15) is 0 Å². The van der Waals surface area contributed by atoms with E-state index in [-0.39, 0.29) is 0 Å². The van der Waals surface area contributed by atoms with Crippen molar-refractivity contribution in [3.05, 3.63) is 91.6 Å². The van der Waals surface area contributed by atoms with E-state index < -0.39 is 0 Å². The second-order valence-electron chi connectivity index (χ2n) is 5.41. The van der Waals surface area contributed by atoms with Gasteiger partial charge in [-0.05, 0) is 22.6 Å². The fourth-order valence-electron chi connectivity index (χ4n) is 2.97. The normalized spacial score (nSPS) is 10.4. The second-order valence-corrected chi connectivity index (χ2v) is 5.41. The van der Waals surface area contributed by atoms with E-state index in [4.69, 9.17) is 10.7 Å². The lowest BCUT2D eigenvalue weighted by atomic mass is 9.97. The molecule has 24 heavy (non-hydrogen) atoms. The molecule has 0 bridgehead atoms. The third kappa shape index (κ3) is 2.80. The quantitative estimate of drug-likeness (QED) is 0.402. The molecule has 118 valence electrons. The summed E-state index contributed by atoms with van der Waals surface area (Å²) in [6.07, 6.45) is 0. The van der Waals surface area contributed by atoms with Gasteiger partial charge < -0.3 is 5.73 Å². The van der Waals surface area contributed by atoms with Crippen LogP contribution in [-0.2, 0) is 6.54 Å². The molecule has 0 fully saturated rings. The van der Waals surface area contributed by atoms with Gasteiger partial charge in [0.15, 0.2) is 0 Å². The smallest absolute Gasteiger partial charge is 0.0790 e. The first-order valence-electron chi connectivity index (χ1n) is 7.94. The van der Waals surface area contributed by atoms with Gasteiger partial charge in [0.2, 0.25) is 0 Å². The molecular formula is C22H20N2. The number of aromatic nitrogens is 1. The molecule has 0 aliphatic heterocycles. The predicted molar refractivity (Wildman–Crippen MR) is 104 cm³/mol. The van der Waals surface area contributed by atoms with E-state index in [1.165, 1.54) is 27.3 Å². The number of pyridine rings is 1. The zero-order valence-corrected chi connectivity index (χ0v) is 13.6. The Kier molecular flexibility index (Phi) is 4.69. The van der Waals surface area contributed by atoms with Crippen molar-refractivity contribution in [3.63, 3.8) is 0 Å². The first-order valence-corrected chi connectivity index (χ1v) is 7.94. The largest absolute Gasteiger partial charge is 0.325 e. The molecule has 1 heterocycles. The Morgan fingerprint density at radius 3 is 2.25 bits per heavy atom. The molecule has 0 amide bonds. The summed E-state index contributed by atoms with van der Waals surface area (Å²) in [6, 6.07) is 25.2. The molecule has 3 aromatic carbocycles. The van der Waals surface area contributed by atoms with Crippen LogP contribution in [0.1, 0.15) is 5.69 Å². The van der Waals surface area contributed by atoms with E-state index in [1.807, 2.05) is 6.07 Å². The van der Waals surface area contributed by atoms with Crippen LogP contribution in [0.15, 0.2) is 86.0 Å². The van der Waals surface area contributed by atoms with Crippen molar-refractivity contribution in [2.45, 2.75) is 6.54 Å². The lowest BCUT2D eigenvalue weighted by molar-refractivity contribution is 1.01. The number of fused-ring (bicyclic) bond motifs is 3. The third-order valence-corrected chi connectivity index (χ3v) is 4.05. The summed E-state index contributed by atoms with van der Waals surface area (Å²) in [7, 11) is 0. The number of hydrogen-bond donors (Lipinski definition) is 1. The van der Waals surface area contributed by atoms with Crippen LogP contribution in [0, 0.1) is 0 Å². The minimum Gasteiger partial charge on any atom is -0.325 e. The Morgan fingerprint density at radius 1 is 0.792 bits per heavy atom. The molecule has 0 spiro atoms. The molecule has 4 aromatic rings. The van der Waals surface area contributed by atoms with Crippen molar-refractivity contribution >= 4 is 21.7 Å². The Labute approximate surface area is 142 Å². The van der Waals surface area contributed by atoms with Gasteiger partial charge in [-0.15, -0.1) is 13.2 Å². The van der Waals surface area contributed by atoms with E-state index in [0.717, 1.165) is 11.2 Å². The lowest BCUT2D eigenvalue weighted by Gasteiger charge is -2.11. The van der Waals surface area contributed by atoms with E-state index in [2.05, 4.69) is 79.9 Å². The number of benzene rings is 3. The van der Waals surface area contributed by atoms with Crippen LogP contribution in [0.5, 0.6) is 0 Å². The Balaban J connectivity index is 0.000000815. The predicted octanol–water partition coefficient (Wildman–Crippen LogP) is 5.32. The van der Waals surface area contributed by atoms with Gasteiger partial charge in [0.25, 0.3) is 0 Å². The highest BCUT2D eigenvalue weighted by molar-refractivity contribution is 6.09. The molecule has 0 radical (unpaired) electrons. The molecular weight excluding hydrogens is 292 g/mol. The molecule has 2 nitrogen and oxygen atoms in total. The molecule has 0 aliphatic carbocycles. The minimum absolute atomic E-state index is 0.443. The highest BCUT2D eigenvalue weighted by Crippen LogP contribution is 2.32. The van der Waals surface area contributed by atoms with Gasteiger partial charge in [-0.2, -0.15) is 0 Å². The zero-order chi connectivity index (χ0) is 16.9. The topological polar surface area (TPSA) is 38.9 Å². The molecule has 4 rings (SSSR count). The monoisotopic (exact) mass is 312 g/mol. The molecule has 0 aliphatic rings. The Morgan fingerprint density at radius 2 is 1.50 bits per heavy atom. The maximum absolute atomic E-state index is 5.87. The van der Waals surface area contributed by atoms with Crippen LogP contribution < -0.4 is 5.73 Å². The van der Waals surface area contributed by atoms with Gasteiger partial charge in [-0.3, -0.25) is 4.98 Å².